The minimum absolute atomic E-state index is 0.119. The van der Waals surface area contributed by atoms with Crippen LogP contribution in [0.1, 0.15) is 24.6 Å². The smallest absolute Gasteiger partial charge is 0.209 e. The van der Waals surface area contributed by atoms with Gasteiger partial charge in [-0.15, -0.1) is 0 Å². The van der Waals surface area contributed by atoms with Crippen molar-refractivity contribution in [2.45, 2.75) is 20.0 Å². The summed E-state index contributed by atoms with van der Waals surface area (Å²) in [6.07, 6.45) is 1.66. The number of H-pyrrole nitrogens is 1. The van der Waals surface area contributed by atoms with E-state index in [9.17, 15) is 0 Å². The molecule has 0 bridgehead atoms. The van der Waals surface area contributed by atoms with Gasteiger partial charge in [-0.25, -0.2) is 15.8 Å². The zero-order valence-corrected chi connectivity index (χ0v) is 9.51. The molecule has 88 valence electrons. The van der Waals surface area contributed by atoms with Crippen molar-refractivity contribution in [3.8, 4) is 0 Å². The third-order valence-electron chi connectivity index (χ3n) is 2.64. The monoisotopic (exact) mass is 223 g/mol. The normalized spacial score (nSPS) is 22.3. The van der Waals surface area contributed by atoms with Crippen molar-refractivity contribution in [1.29, 1.82) is 0 Å². The Morgan fingerprint density at radius 1 is 1.62 bits per heavy atom. The lowest BCUT2D eigenvalue weighted by Gasteiger charge is -2.35. The van der Waals surface area contributed by atoms with Crippen LogP contribution in [0.15, 0.2) is 11.2 Å². The SMILES string of the molecule is CCN1CN(N)C(N)=NC1c1cnc(C)[nH]1. The van der Waals surface area contributed by atoms with Crippen molar-refractivity contribution in [2.75, 3.05) is 13.2 Å². The summed E-state index contributed by atoms with van der Waals surface area (Å²) in [7, 11) is 0. The largest absolute Gasteiger partial charge is 0.369 e. The number of nitrogens with zero attached hydrogens (tertiary/aromatic N) is 4. The molecule has 0 fully saturated rings. The number of hydrogen-bond acceptors (Lipinski definition) is 6. The van der Waals surface area contributed by atoms with Crippen molar-refractivity contribution in [3.05, 3.63) is 17.7 Å². The molecule has 0 aromatic carbocycles. The number of aromatic amines is 1. The first kappa shape index (κ1) is 10.9. The summed E-state index contributed by atoms with van der Waals surface area (Å²) in [6.45, 7) is 5.37. The summed E-state index contributed by atoms with van der Waals surface area (Å²) in [5.41, 5.74) is 6.66. The fourth-order valence-corrected chi connectivity index (χ4v) is 1.74. The highest BCUT2D eigenvalue weighted by Crippen LogP contribution is 2.23. The Morgan fingerprint density at radius 3 is 2.94 bits per heavy atom. The molecule has 1 aliphatic rings. The molecule has 2 rings (SSSR count). The first-order valence-electron chi connectivity index (χ1n) is 5.23. The average Bonchev–Trinajstić information content (AvgIpc) is 2.68. The number of rotatable bonds is 2. The van der Waals surface area contributed by atoms with Crippen molar-refractivity contribution in [1.82, 2.24) is 19.9 Å². The molecule has 0 aliphatic carbocycles. The van der Waals surface area contributed by atoms with Crippen LogP contribution in [-0.2, 0) is 0 Å². The van der Waals surface area contributed by atoms with Crippen LogP contribution in [0.5, 0.6) is 0 Å². The number of guanidine groups is 1. The number of nitrogens with one attached hydrogen (secondary N) is 1. The summed E-state index contributed by atoms with van der Waals surface area (Å²) in [4.78, 5) is 13.8. The second-order valence-electron chi connectivity index (χ2n) is 3.80. The second kappa shape index (κ2) is 4.11. The number of aromatic nitrogens is 2. The van der Waals surface area contributed by atoms with Crippen molar-refractivity contribution < 1.29 is 0 Å². The molecule has 5 N–H and O–H groups in total. The number of aryl methyl sites for hydroxylation is 1. The van der Waals surface area contributed by atoms with Gasteiger partial charge in [-0.2, -0.15) is 0 Å². The maximum atomic E-state index is 5.72. The molecule has 2 heterocycles. The Balaban J connectivity index is 2.30. The van der Waals surface area contributed by atoms with Crippen LogP contribution >= 0.6 is 0 Å². The summed E-state index contributed by atoms with van der Waals surface area (Å²) in [5.74, 6) is 6.92. The van der Waals surface area contributed by atoms with Crippen molar-refractivity contribution in [3.63, 3.8) is 0 Å². The first-order valence-corrected chi connectivity index (χ1v) is 5.23. The molecular formula is C9H17N7. The van der Waals surface area contributed by atoms with Crippen molar-refractivity contribution >= 4 is 5.96 Å². The zero-order valence-electron chi connectivity index (χ0n) is 9.51. The fourth-order valence-electron chi connectivity index (χ4n) is 1.74. The molecule has 1 atom stereocenters. The van der Waals surface area contributed by atoms with Gasteiger partial charge in [0.05, 0.1) is 18.6 Å². The Hall–Kier alpha value is -1.60. The molecule has 7 heteroatoms. The van der Waals surface area contributed by atoms with Gasteiger partial charge in [0.15, 0.2) is 0 Å². The van der Waals surface area contributed by atoms with Crippen LogP contribution in [0.4, 0.5) is 0 Å². The Morgan fingerprint density at radius 2 is 2.38 bits per heavy atom. The van der Waals surface area contributed by atoms with Gasteiger partial charge in [0, 0.05) is 0 Å². The zero-order chi connectivity index (χ0) is 11.7. The molecular weight excluding hydrogens is 206 g/mol. The van der Waals surface area contributed by atoms with E-state index in [2.05, 4.69) is 26.8 Å². The van der Waals surface area contributed by atoms with Crippen molar-refractivity contribution in [2.24, 2.45) is 16.6 Å². The third-order valence-corrected chi connectivity index (χ3v) is 2.64. The molecule has 16 heavy (non-hydrogen) atoms. The van der Waals surface area contributed by atoms with Crippen LogP contribution in [0, 0.1) is 6.92 Å². The van der Waals surface area contributed by atoms with E-state index in [0.717, 1.165) is 18.1 Å². The molecule has 0 spiro atoms. The van der Waals surface area contributed by atoms with E-state index >= 15 is 0 Å². The van der Waals surface area contributed by atoms with Gasteiger partial charge < -0.3 is 10.7 Å². The van der Waals surface area contributed by atoms with Gasteiger partial charge in [-0.1, -0.05) is 6.92 Å². The molecule has 1 aliphatic heterocycles. The summed E-state index contributed by atoms with van der Waals surface area (Å²) < 4.78 is 0. The molecule has 0 saturated heterocycles. The van der Waals surface area contributed by atoms with E-state index in [1.807, 2.05) is 6.92 Å². The van der Waals surface area contributed by atoms with Crippen LogP contribution in [0.25, 0.3) is 0 Å². The molecule has 0 radical (unpaired) electrons. The Labute approximate surface area is 94.1 Å². The number of nitrogens with two attached hydrogens (primary N) is 2. The quantitative estimate of drug-likeness (QED) is 0.587. The van der Waals surface area contributed by atoms with Crippen LogP contribution in [0.2, 0.25) is 0 Å². The number of aliphatic imine (C=N–C) groups is 1. The maximum absolute atomic E-state index is 5.72. The van der Waals surface area contributed by atoms with Gasteiger partial charge in [-0.3, -0.25) is 9.91 Å². The highest BCUT2D eigenvalue weighted by Gasteiger charge is 2.27. The first-order chi connectivity index (χ1) is 7.61. The molecule has 0 amide bonds. The van der Waals surface area contributed by atoms with E-state index in [1.165, 1.54) is 5.01 Å². The molecule has 7 nitrogen and oxygen atoms in total. The highest BCUT2D eigenvalue weighted by molar-refractivity contribution is 5.78. The maximum Gasteiger partial charge on any atom is 0.209 e. The van der Waals surface area contributed by atoms with Gasteiger partial charge in [0.25, 0.3) is 0 Å². The van der Waals surface area contributed by atoms with Gasteiger partial charge >= 0.3 is 0 Å². The van der Waals surface area contributed by atoms with E-state index in [1.54, 1.807) is 6.20 Å². The molecule has 1 aromatic heterocycles. The lowest BCUT2D eigenvalue weighted by Crippen LogP contribution is -2.53. The predicted octanol–water partition coefficient (Wildman–Crippen LogP) is -0.500. The lowest BCUT2D eigenvalue weighted by molar-refractivity contribution is 0.120. The Bertz CT molecular complexity index is 396. The Kier molecular flexibility index (Phi) is 2.80. The summed E-state index contributed by atoms with van der Waals surface area (Å²) in [6, 6.07) is 0. The predicted molar refractivity (Wildman–Crippen MR) is 61.0 cm³/mol. The van der Waals surface area contributed by atoms with Crippen LogP contribution < -0.4 is 11.6 Å². The third kappa shape index (κ3) is 1.86. The number of hydrazine groups is 1. The molecule has 1 aromatic rings. The second-order valence-corrected chi connectivity index (χ2v) is 3.80. The van der Waals surface area contributed by atoms with Gasteiger partial charge in [0.2, 0.25) is 5.96 Å². The standard InChI is InChI=1S/C9H17N7/c1-3-15-5-16(11)9(10)14-8(15)7-4-12-6(2)13-7/h4,8H,3,5,11H2,1-2H3,(H2,10,14)(H,12,13). The van der Waals surface area contributed by atoms with E-state index in [0.29, 0.717) is 12.6 Å². The summed E-state index contributed by atoms with van der Waals surface area (Å²) in [5, 5.41) is 1.43. The van der Waals surface area contributed by atoms with Gasteiger partial charge in [-0.05, 0) is 13.5 Å². The minimum Gasteiger partial charge on any atom is -0.369 e. The average molecular weight is 223 g/mol. The topological polar surface area (TPSA) is 99.6 Å². The van der Waals surface area contributed by atoms with E-state index in [-0.39, 0.29) is 6.17 Å². The summed E-state index contributed by atoms with van der Waals surface area (Å²) >= 11 is 0. The van der Waals surface area contributed by atoms with Crippen LogP contribution in [-0.4, -0.2) is 39.0 Å². The fraction of sp³-hybridized carbons (Fsp3) is 0.556. The minimum atomic E-state index is -0.119. The highest BCUT2D eigenvalue weighted by atomic mass is 15.6. The lowest BCUT2D eigenvalue weighted by atomic mass is 10.3. The molecule has 0 saturated carbocycles. The number of imidazole rings is 1. The van der Waals surface area contributed by atoms with Crippen LogP contribution in [0.3, 0.4) is 0 Å². The van der Waals surface area contributed by atoms with E-state index in [4.69, 9.17) is 11.6 Å². The number of hydrogen-bond donors (Lipinski definition) is 3. The van der Waals surface area contributed by atoms with E-state index < -0.39 is 0 Å². The molecule has 1 unspecified atom stereocenters. The van der Waals surface area contributed by atoms with Gasteiger partial charge in [0.1, 0.15) is 12.0 Å².